The number of ether oxygens (including phenoxy) is 2. The molecule has 1 heterocycles. The van der Waals surface area contributed by atoms with E-state index in [9.17, 15) is 22.8 Å². The summed E-state index contributed by atoms with van der Waals surface area (Å²) < 4.78 is 54.5. The molecule has 1 amide bonds. The number of esters is 1. The number of anilines is 1. The zero-order chi connectivity index (χ0) is 23.3. The minimum atomic E-state index is -4.64. The fourth-order valence-electron chi connectivity index (χ4n) is 2.59. The molecule has 2 aromatic carbocycles. The molecule has 1 atom stereocenters. The Hall–Kier alpha value is -3.89. The first-order valence-corrected chi connectivity index (χ1v) is 9.33. The van der Waals surface area contributed by atoms with Gasteiger partial charge >= 0.3 is 12.1 Å². The number of para-hydroxylation sites is 1. The van der Waals surface area contributed by atoms with Crippen LogP contribution < -0.4 is 10.1 Å². The number of hydrogen-bond donors (Lipinski definition) is 1. The van der Waals surface area contributed by atoms with Crippen LogP contribution in [0.25, 0.3) is 0 Å². The number of carbonyl (C=O) groups excluding carboxylic acids is 2. The summed E-state index contributed by atoms with van der Waals surface area (Å²) in [4.78, 5) is 28.5. The first-order chi connectivity index (χ1) is 15.1. The molecule has 0 saturated carbocycles. The van der Waals surface area contributed by atoms with Crippen LogP contribution >= 0.6 is 0 Å². The fourth-order valence-corrected chi connectivity index (χ4v) is 2.59. The van der Waals surface area contributed by atoms with Crippen molar-refractivity contribution in [2.45, 2.75) is 32.7 Å². The highest BCUT2D eigenvalue weighted by Gasteiger charge is 2.34. The standard InChI is InChI=1S/C21H18F3N3O5/c1-12(19(28)26-17-6-4-3-5-16(17)21(22,23)24)31-20(29)14-7-9-15(10-8-14)30-11-18-25-13(2)32-27-18/h3-10,12H,11H2,1-2H3,(H,26,28). The van der Waals surface area contributed by atoms with Gasteiger partial charge in [0.05, 0.1) is 16.8 Å². The van der Waals surface area contributed by atoms with Gasteiger partial charge in [-0.2, -0.15) is 18.2 Å². The van der Waals surface area contributed by atoms with Crippen LogP contribution in [0.15, 0.2) is 53.1 Å². The first kappa shape index (κ1) is 22.8. The molecule has 32 heavy (non-hydrogen) atoms. The molecule has 168 valence electrons. The van der Waals surface area contributed by atoms with Crippen LogP contribution in [0.5, 0.6) is 5.75 Å². The number of amides is 1. The average molecular weight is 449 g/mol. The van der Waals surface area contributed by atoms with Gasteiger partial charge in [-0.1, -0.05) is 17.3 Å². The molecule has 0 spiro atoms. The van der Waals surface area contributed by atoms with E-state index in [1.54, 1.807) is 6.92 Å². The molecule has 1 N–H and O–H groups in total. The number of alkyl halides is 3. The zero-order valence-electron chi connectivity index (χ0n) is 17.0. The number of hydrogen-bond acceptors (Lipinski definition) is 7. The summed E-state index contributed by atoms with van der Waals surface area (Å²) >= 11 is 0. The summed E-state index contributed by atoms with van der Waals surface area (Å²) in [5.41, 5.74) is -1.30. The lowest BCUT2D eigenvalue weighted by atomic mass is 10.1. The summed E-state index contributed by atoms with van der Waals surface area (Å²) in [6.07, 6.45) is -5.97. The lowest BCUT2D eigenvalue weighted by Crippen LogP contribution is -2.30. The molecule has 0 fully saturated rings. The van der Waals surface area contributed by atoms with E-state index in [1.165, 1.54) is 43.3 Å². The molecule has 3 rings (SSSR count). The second kappa shape index (κ2) is 9.50. The molecule has 0 saturated heterocycles. The molecular weight excluding hydrogens is 431 g/mol. The number of nitrogens with zero attached hydrogens (tertiary/aromatic N) is 2. The Balaban J connectivity index is 1.56. The minimum Gasteiger partial charge on any atom is -0.485 e. The summed E-state index contributed by atoms with van der Waals surface area (Å²) in [5, 5.41) is 5.83. The second-order valence-electron chi connectivity index (χ2n) is 6.62. The fraction of sp³-hybridized carbons (Fsp3) is 0.238. The molecule has 8 nitrogen and oxygen atoms in total. The molecule has 0 bridgehead atoms. The quantitative estimate of drug-likeness (QED) is 0.540. The van der Waals surface area contributed by atoms with Crippen molar-refractivity contribution in [2.75, 3.05) is 5.32 Å². The van der Waals surface area contributed by atoms with Crippen molar-refractivity contribution in [3.8, 4) is 5.75 Å². The van der Waals surface area contributed by atoms with E-state index in [0.29, 0.717) is 17.5 Å². The summed E-state index contributed by atoms with van der Waals surface area (Å²) in [7, 11) is 0. The summed E-state index contributed by atoms with van der Waals surface area (Å²) in [6, 6.07) is 10.4. The van der Waals surface area contributed by atoms with Crippen molar-refractivity contribution in [1.82, 2.24) is 10.1 Å². The monoisotopic (exact) mass is 449 g/mol. The SMILES string of the molecule is Cc1nc(COc2ccc(C(=O)OC(C)C(=O)Nc3ccccc3C(F)(F)F)cc2)no1. The van der Waals surface area contributed by atoms with Crippen molar-refractivity contribution in [3.63, 3.8) is 0 Å². The molecule has 0 aliphatic rings. The van der Waals surface area contributed by atoms with E-state index in [4.69, 9.17) is 14.0 Å². The van der Waals surface area contributed by atoms with Crippen molar-refractivity contribution in [2.24, 2.45) is 0 Å². The van der Waals surface area contributed by atoms with Crippen LogP contribution in [0.3, 0.4) is 0 Å². The van der Waals surface area contributed by atoms with Crippen LogP contribution in [0.4, 0.5) is 18.9 Å². The smallest absolute Gasteiger partial charge is 0.418 e. The van der Waals surface area contributed by atoms with E-state index in [-0.39, 0.29) is 12.2 Å². The topological polar surface area (TPSA) is 104 Å². The van der Waals surface area contributed by atoms with Gasteiger partial charge in [-0.05, 0) is 43.3 Å². The minimum absolute atomic E-state index is 0.0672. The lowest BCUT2D eigenvalue weighted by molar-refractivity contribution is -0.137. The second-order valence-corrected chi connectivity index (χ2v) is 6.62. The Morgan fingerprint density at radius 2 is 1.81 bits per heavy atom. The molecule has 0 aliphatic heterocycles. The molecule has 1 aromatic heterocycles. The van der Waals surface area contributed by atoms with Crippen LogP contribution in [-0.4, -0.2) is 28.1 Å². The van der Waals surface area contributed by atoms with Crippen LogP contribution in [-0.2, 0) is 22.3 Å². The van der Waals surface area contributed by atoms with E-state index in [1.807, 2.05) is 0 Å². The number of halogens is 3. The van der Waals surface area contributed by atoms with Crippen molar-refractivity contribution in [1.29, 1.82) is 0 Å². The Morgan fingerprint density at radius 3 is 2.44 bits per heavy atom. The number of aromatic nitrogens is 2. The van der Waals surface area contributed by atoms with Crippen LogP contribution in [0.2, 0.25) is 0 Å². The third kappa shape index (κ3) is 5.84. The largest absolute Gasteiger partial charge is 0.485 e. The van der Waals surface area contributed by atoms with Crippen molar-refractivity contribution >= 4 is 17.6 Å². The molecule has 0 radical (unpaired) electrons. The van der Waals surface area contributed by atoms with Gasteiger partial charge in [0, 0.05) is 6.92 Å². The molecule has 11 heteroatoms. The summed E-state index contributed by atoms with van der Waals surface area (Å²) in [6.45, 7) is 2.97. The van der Waals surface area contributed by atoms with Crippen LogP contribution in [0, 0.1) is 6.92 Å². The van der Waals surface area contributed by atoms with Gasteiger partial charge in [0.2, 0.25) is 11.7 Å². The Kier molecular flexibility index (Phi) is 6.76. The van der Waals surface area contributed by atoms with Crippen molar-refractivity contribution in [3.05, 3.63) is 71.4 Å². The average Bonchev–Trinajstić information content (AvgIpc) is 3.17. The van der Waals surface area contributed by atoms with Gasteiger partial charge in [-0.3, -0.25) is 4.79 Å². The maximum Gasteiger partial charge on any atom is 0.418 e. The van der Waals surface area contributed by atoms with Gasteiger partial charge in [0.15, 0.2) is 12.7 Å². The van der Waals surface area contributed by atoms with E-state index in [2.05, 4.69) is 15.5 Å². The van der Waals surface area contributed by atoms with Gasteiger partial charge in [0.1, 0.15) is 5.75 Å². The van der Waals surface area contributed by atoms with Gasteiger partial charge < -0.3 is 19.3 Å². The third-order valence-electron chi connectivity index (χ3n) is 4.17. The number of aryl methyl sites for hydroxylation is 1. The molecule has 0 aliphatic carbocycles. The predicted molar refractivity (Wildman–Crippen MR) is 105 cm³/mol. The lowest BCUT2D eigenvalue weighted by Gasteiger charge is -2.17. The molecule has 3 aromatic rings. The number of benzene rings is 2. The summed E-state index contributed by atoms with van der Waals surface area (Å²) in [5.74, 6) is -0.527. The van der Waals surface area contributed by atoms with Crippen LogP contribution in [0.1, 0.15) is 34.6 Å². The van der Waals surface area contributed by atoms with E-state index in [0.717, 1.165) is 12.1 Å². The van der Waals surface area contributed by atoms with E-state index >= 15 is 0 Å². The Bertz CT molecular complexity index is 1100. The normalized spacial score (nSPS) is 12.2. The Labute approximate surface area is 180 Å². The highest BCUT2D eigenvalue weighted by molar-refractivity contribution is 5.97. The molecular formula is C21H18F3N3O5. The van der Waals surface area contributed by atoms with Crippen molar-refractivity contribution < 1.29 is 36.8 Å². The maximum atomic E-state index is 13.1. The zero-order valence-corrected chi connectivity index (χ0v) is 17.0. The number of nitrogens with one attached hydrogen (secondary N) is 1. The number of rotatable bonds is 7. The Morgan fingerprint density at radius 1 is 1.12 bits per heavy atom. The highest BCUT2D eigenvalue weighted by atomic mass is 19.4. The van der Waals surface area contributed by atoms with E-state index < -0.39 is 35.4 Å². The third-order valence-corrected chi connectivity index (χ3v) is 4.17. The highest BCUT2D eigenvalue weighted by Crippen LogP contribution is 2.34. The number of carbonyl (C=O) groups is 2. The van der Waals surface area contributed by atoms with Gasteiger partial charge in [0.25, 0.3) is 5.91 Å². The predicted octanol–water partition coefficient (Wildman–Crippen LogP) is 4.16. The molecule has 1 unspecified atom stereocenters. The first-order valence-electron chi connectivity index (χ1n) is 9.33. The van der Waals surface area contributed by atoms with Gasteiger partial charge in [-0.15, -0.1) is 0 Å². The maximum absolute atomic E-state index is 13.1. The van der Waals surface area contributed by atoms with Gasteiger partial charge in [-0.25, -0.2) is 4.79 Å².